The van der Waals surface area contributed by atoms with E-state index in [2.05, 4.69) is 36.9 Å². The Morgan fingerprint density at radius 1 is 1.04 bits per heavy atom. The fourth-order valence-electron chi connectivity index (χ4n) is 2.47. The largest absolute Gasteiger partial charge is 0.350 e. The highest BCUT2D eigenvalue weighted by molar-refractivity contribution is 9.10. The van der Waals surface area contributed by atoms with Gasteiger partial charge in [0, 0.05) is 28.8 Å². The van der Waals surface area contributed by atoms with E-state index < -0.39 is 0 Å². The van der Waals surface area contributed by atoms with Crippen molar-refractivity contribution >= 4 is 50.1 Å². The first-order valence-corrected chi connectivity index (χ1v) is 8.60. The topological polar surface area (TPSA) is 86.0 Å². The molecule has 3 aromatic rings. The van der Waals surface area contributed by atoms with E-state index in [0.29, 0.717) is 23.6 Å². The summed E-state index contributed by atoms with van der Waals surface area (Å²) in [5.41, 5.74) is 2.51. The number of rotatable bonds is 4. The highest BCUT2D eigenvalue weighted by Crippen LogP contribution is 2.28. The number of para-hydroxylation sites is 1. The van der Waals surface area contributed by atoms with Crippen molar-refractivity contribution in [1.29, 1.82) is 0 Å². The Kier molecular flexibility index (Phi) is 5.04. The molecule has 0 aliphatic rings. The summed E-state index contributed by atoms with van der Waals surface area (Å²) in [6, 6.07) is 14.4. The number of aromatic nitrogens is 1. The number of urea groups is 1. The van der Waals surface area contributed by atoms with E-state index in [1.165, 1.54) is 0 Å². The van der Waals surface area contributed by atoms with Crippen LogP contribution in [0.4, 0.5) is 16.2 Å². The molecule has 0 saturated carbocycles. The number of hydrogen-bond acceptors (Lipinski definition) is 2. The number of benzene rings is 2. The van der Waals surface area contributed by atoms with E-state index in [1.807, 2.05) is 31.2 Å². The number of fused-ring (bicyclic) bond motifs is 1. The van der Waals surface area contributed by atoms with Crippen LogP contribution in [0.25, 0.3) is 10.9 Å². The SMILES string of the molecule is CCNC(=O)Nc1cccc(NC(=O)c2[nH]c3ccccc3c2Br)c1. The van der Waals surface area contributed by atoms with E-state index >= 15 is 0 Å². The zero-order chi connectivity index (χ0) is 17.8. The van der Waals surface area contributed by atoms with Crippen molar-refractivity contribution in [2.24, 2.45) is 0 Å². The third kappa shape index (κ3) is 3.83. The lowest BCUT2D eigenvalue weighted by Crippen LogP contribution is -2.28. The van der Waals surface area contributed by atoms with E-state index in [9.17, 15) is 9.59 Å². The lowest BCUT2D eigenvalue weighted by atomic mass is 10.2. The van der Waals surface area contributed by atoms with Crippen molar-refractivity contribution in [3.63, 3.8) is 0 Å². The molecule has 0 bridgehead atoms. The Bertz CT molecular complexity index is 936. The Morgan fingerprint density at radius 3 is 2.48 bits per heavy atom. The Balaban J connectivity index is 1.78. The number of halogens is 1. The van der Waals surface area contributed by atoms with Crippen LogP contribution in [0.3, 0.4) is 0 Å². The van der Waals surface area contributed by atoms with Gasteiger partial charge in [0.05, 0.1) is 4.47 Å². The summed E-state index contributed by atoms with van der Waals surface area (Å²) in [6.07, 6.45) is 0. The minimum atomic E-state index is -0.288. The smallest absolute Gasteiger partial charge is 0.319 e. The summed E-state index contributed by atoms with van der Waals surface area (Å²) >= 11 is 3.47. The molecule has 25 heavy (non-hydrogen) atoms. The van der Waals surface area contributed by atoms with Crippen LogP contribution >= 0.6 is 15.9 Å². The molecule has 0 aliphatic carbocycles. The zero-order valence-electron chi connectivity index (χ0n) is 13.5. The molecule has 0 aliphatic heterocycles. The number of amides is 3. The van der Waals surface area contributed by atoms with Gasteiger partial charge in [-0.2, -0.15) is 0 Å². The molecule has 1 heterocycles. The lowest BCUT2D eigenvalue weighted by molar-refractivity contribution is 0.102. The average molecular weight is 401 g/mol. The molecule has 0 saturated heterocycles. The predicted molar refractivity (Wildman–Crippen MR) is 103 cm³/mol. The fourth-order valence-corrected chi connectivity index (χ4v) is 3.09. The van der Waals surface area contributed by atoms with Gasteiger partial charge in [-0.15, -0.1) is 0 Å². The number of anilines is 2. The van der Waals surface area contributed by atoms with Crippen LogP contribution in [0.15, 0.2) is 53.0 Å². The van der Waals surface area contributed by atoms with Crippen LogP contribution in [-0.4, -0.2) is 23.5 Å². The maximum atomic E-state index is 12.6. The summed E-state index contributed by atoms with van der Waals surface area (Å²) < 4.78 is 0.720. The number of carbonyl (C=O) groups is 2. The van der Waals surface area contributed by atoms with Crippen LogP contribution in [0.1, 0.15) is 17.4 Å². The van der Waals surface area contributed by atoms with Crippen LogP contribution in [0.2, 0.25) is 0 Å². The third-order valence-corrected chi connectivity index (χ3v) is 4.41. The van der Waals surface area contributed by atoms with Crippen molar-refractivity contribution in [1.82, 2.24) is 10.3 Å². The summed E-state index contributed by atoms with van der Waals surface area (Å²) in [5.74, 6) is -0.266. The van der Waals surface area contributed by atoms with Gasteiger partial charge in [0.2, 0.25) is 0 Å². The molecular weight excluding hydrogens is 384 g/mol. The van der Waals surface area contributed by atoms with Gasteiger partial charge in [0.1, 0.15) is 5.69 Å². The minimum Gasteiger partial charge on any atom is -0.350 e. The van der Waals surface area contributed by atoms with Crippen LogP contribution in [0.5, 0.6) is 0 Å². The number of aromatic amines is 1. The first kappa shape index (κ1) is 17.0. The summed E-state index contributed by atoms with van der Waals surface area (Å²) in [5, 5.41) is 9.14. The second-order valence-electron chi connectivity index (χ2n) is 5.38. The normalized spacial score (nSPS) is 10.5. The van der Waals surface area contributed by atoms with Crippen molar-refractivity contribution in [2.45, 2.75) is 6.92 Å². The molecule has 2 aromatic carbocycles. The van der Waals surface area contributed by atoms with Gasteiger partial charge in [0.25, 0.3) is 5.91 Å². The molecule has 0 unspecified atom stereocenters. The Labute approximate surface area is 153 Å². The number of H-pyrrole nitrogens is 1. The molecule has 1 aromatic heterocycles. The summed E-state index contributed by atoms with van der Waals surface area (Å²) in [7, 11) is 0. The second kappa shape index (κ2) is 7.40. The number of hydrogen-bond donors (Lipinski definition) is 4. The van der Waals surface area contributed by atoms with Crippen LogP contribution in [-0.2, 0) is 0 Å². The van der Waals surface area contributed by atoms with Gasteiger partial charge in [0.15, 0.2) is 0 Å². The van der Waals surface area contributed by atoms with Gasteiger partial charge in [-0.3, -0.25) is 4.79 Å². The molecule has 4 N–H and O–H groups in total. The summed E-state index contributed by atoms with van der Waals surface area (Å²) in [4.78, 5) is 27.3. The minimum absolute atomic E-state index is 0.266. The van der Waals surface area contributed by atoms with E-state index in [0.717, 1.165) is 15.4 Å². The van der Waals surface area contributed by atoms with Crippen LogP contribution < -0.4 is 16.0 Å². The van der Waals surface area contributed by atoms with Crippen LogP contribution in [0, 0.1) is 0 Å². The maximum Gasteiger partial charge on any atom is 0.319 e. The fraction of sp³-hybridized carbons (Fsp3) is 0.111. The Morgan fingerprint density at radius 2 is 1.76 bits per heavy atom. The Hall–Kier alpha value is -2.80. The number of nitrogens with one attached hydrogen (secondary N) is 4. The molecule has 0 fully saturated rings. The highest BCUT2D eigenvalue weighted by atomic mass is 79.9. The van der Waals surface area contributed by atoms with Crippen molar-refractivity contribution in [2.75, 3.05) is 17.2 Å². The molecule has 3 rings (SSSR count). The first-order chi connectivity index (χ1) is 12.1. The molecule has 0 atom stereocenters. The predicted octanol–water partition coefficient (Wildman–Crippen LogP) is 4.32. The van der Waals surface area contributed by atoms with Crippen molar-refractivity contribution in [3.05, 3.63) is 58.7 Å². The molecule has 7 heteroatoms. The van der Waals surface area contributed by atoms with Gasteiger partial charge in [-0.05, 0) is 47.1 Å². The van der Waals surface area contributed by atoms with Gasteiger partial charge in [-0.1, -0.05) is 24.3 Å². The molecule has 6 nitrogen and oxygen atoms in total. The molecular formula is C18H17BrN4O2. The molecule has 3 amide bonds. The van der Waals surface area contributed by atoms with Crippen molar-refractivity contribution < 1.29 is 9.59 Å². The average Bonchev–Trinajstić information content (AvgIpc) is 2.93. The third-order valence-electron chi connectivity index (χ3n) is 3.59. The standard InChI is InChI=1S/C18H17BrN4O2/c1-2-20-18(25)22-12-7-5-6-11(10-12)21-17(24)16-15(19)13-8-3-4-9-14(13)23-16/h3-10,23H,2H2,1H3,(H,21,24)(H2,20,22,25). The number of carbonyl (C=O) groups excluding carboxylic acids is 2. The van der Waals surface area contributed by atoms with Gasteiger partial charge in [-0.25, -0.2) is 4.79 Å². The quantitative estimate of drug-likeness (QED) is 0.525. The highest BCUT2D eigenvalue weighted by Gasteiger charge is 2.16. The van der Waals surface area contributed by atoms with E-state index in [-0.39, 0.29) is 11.9 Å². The first-order valence-electron chi connectivity index (χ1n) is 7.81. The van der Waals surface area contributed by atoms with Gasteiger partial charge < -0.3 is 20.9 Å². The lowest BCUT2D eigenvalue weighted by Gasteiger charge is -2.09. The van der Waals surface area contributed by atoms with E-state index in [1.54, 1.807) is 24.3 Å². The molecule has 0 spiro atoms. The second-order valence-corrected chi connectivity index (χ2v) is 6.17. The monoisotopic (exact) mass is 400 g/mol. The molecule has 0 radical (unpaired) electrons. The van der Waals surface area contributed by atoms with E-state index in [4.69, 9.17) is 0 Å². The van der Waals surface area contributed by atoms with Gasteiger partial charge >= 0.3 is 6.03 Å². The van der Waals surface area contributed by atoms with Crippen molar-refractivity contribution in [3.8, 4) is 0 Å². The summed E-state index contributed by atoms with van der Waals surface area (Å²) in [6.45, 7) is 2.38. The maximum absolute atomic E-state index is 12.6. The zero-order valence-corrected chi connectivity index (χ0v) is 15.1. The molecule has 128 valence electrons.